The molecule has 3 rings (SSSR count). The van der Waals surface area contributed by atoms with Crippen LogP contribution in [0.25, 0.3) is 0 Å². The van der Waals surface area contributed by atoms with Crippen molar-refractivity contribution in [2.45, 2.75) is 18.9 Å². The Kier molecular flexibility index (Phi) is 3.30. The van der Waals surface area contributed by atoms with Crippen LogP contribution in [-0.4, -0.2) is 74.9 Å². The van der Waals surface area contributed by atoms with Crippen molar-refractivity contribution in [3.8, 4) is 0 Å². The monoisotopic (exact) mass is 254 g/mol. The molecule has 0 aromatic carbocycles. The van der Waals surface area contributed by atoms with Gasteiger partial charge in [-0.2, -0.15) is 0 Å². The maximum Gasteiger partial charge on any atom is 0.317 e. The summed E-state index contributed by atoms with van der Waals surface area (Å²) >= 11 is 0. The number of ether oxygens (including phenoxy) is 2. The molecule has 0 saturated carbocycles. The topological polar surface area (TPSA) is 42.0 Å². The first-order chi connectivity index (χ1) is 8.73. The van der Waals surface area contributed by atoms with Crippen LogP contribution in [-0.2, 0) is 14.3 Å². The van der Waals surface area contributed by atoms with Crippen LogP contribution in [0.1, 0.15) is 12.8 Å². The van der Waals surface area contributed by atoms with Crippen LogP contribution < -0.4 is 0 Å². The largest absolute Gasteiger partial charge is 0.468 e. The van der Waals surface area contributed by atoms with Crippen LogP contribution in [0.4, 0.5) is 0 Å². The van der Waals surface area contributed by atoms with Gasteiger partial charge in [0.2, 0.25) is 0 Å². The van der Waals surface area contributed by atoms with E-state index in [4.69, 9.17) is 9.47 Å². The van der Waals surface area contributed by atoms with Crippen molar-refractivity contribution in [1.29, 1.82) is 0 Å². The maximum absolute atomic E-state index is 11.9. The molecule has 0 radical (unpaired) electrons. The molecule has 0 N–H and O–H groups in total. The summed E-state index contributed by atoms with van der Waals surface area (Å²) in [6.07, 6.45) is 2.63. The van der Waals surface area contributed by atoms with E-state index in [1.54, 1.807) is 0 Å². The molecule has 5 heteroatoms. The predicted molar refractivity (Wildman–Crippen MR) is 66.3 cm³/mol. The van der Waals surface area contributed by atoms with Crippen molar-refractivity contribution >= 4 is 5.97 Å². The predicted octanol–water partition coefficient (Wildman–Crippen LogP) is -0.0440. The van der Waals surface area contributed by atoms with Crippen LogP contribution in [0.3, 0.4) is 0 Å². The molecule has 3 heterocycles. The maximum atomic E-state index is 11.9. The Morgan fingerprint density at radius 2 is 2.22 bits per heavy atom. The summed E-state index contributed by atoms with van der Waals surface area (Å²) in [4.78, 5) is 16.9. The SMILES string of the molecule is COC(=O)C1(CN2CCN3CCCC3C2)COC1. The van der Waals surface area contributed by atoms with Crippen molar-refractivity contribution < 1.29 is 14.3 Å². The van der Waals surface area contributed by atoms with Gasteiger partial charge in [0.25, 0.3) is 0 Å². The third-order valence-corrected chi connectivity index (χ3v) is 4.57. The minimum absolute atomic E-state index is 0.109. The van der Waals surface area contributed by atoms with E-state index >= 15 is 0 Å². The number of hydrogen-bond donors (Lipinski definition) is 0. The van der Waals surface area contributed by atoms with E-state index in [9.17, 15) is 4.79 Å². The zero-order chi connectivity index (χ0) is 12.6. The zero-order valence-corrected chi connectivity index (χ0v) is 11.1. The Morgan fingerprint density at radius 3 is 2.89 bits per heavy atom. The van der Waals surface area contributed by atoms with Gasteiger partial charge >= 0.3 is 5.97 Å². The summed E-state index contributed by atoms with van der Waals surface area (Å²) in [6.45, 7) is 6.39. The van der Waals surface area contributed by atoms with Gasteiger partial charge in [0.15, 0.2) is 0 Å². The van der Waals surface area contributed by atoms with Gasteiger partial charge in [0.1, 0.15) is 5.41 Å². The molecule has 0 amide bonds. The van der Waals surface area contributed by atoms with Crippen molar-refractivity contribution in [1.82, 2.24) is 9.80 Å². The highest BCUT2D eigenvalue weighted by Gasteiger charge is 2.49. The van der Waals surface area contributed by atoms with E-state index in [1.807, 2.05) is 0 Å². The Balaban J connectivity index is 1.60. The zero-order valence-electron chi connectivity index (χ0n) is 11.1. The minimum Gasteiger partial charge on any atom is -0.468 e. The molecule has 5 nitrogen and oxygen atoms in total. The van der Waals surface area contributed by atoms with Crippen LogP contribution in [0, 0.1) is 5.41 Å². The number of hydrogen-bond acceptors (Lipinski definition) is 5. The van der Waals surface area contributed by atoms with E-state index in [2.05, 4.69) is 9.80 Å². The van der Waals surface area contributed by atoms with Gasteiger partial charge < -0.3 is 9.47 Å². The Bertz CT molecular complexity index is 330. The smallest absolute Gasteiger partial charge is 0.317 e. The minimum atomic E-state index is -0.393. The highest BCUT2D eigenvalue weighted by atomic mass is 16.5. The normalized spacial score (nSPS) is 31.7. The quantitative estimate of drug-likeness (QED) is 0.661. The molecule has 0 bridgehead atoms. The Morgan fingerprint density at radius 1 is 1.39 bits per heavy atom. The fourth-order valence-electron chi connectivity index (χ4n) is 3.47. The van der Waals surface area contributed by atoms with Crippen molar-refractivity contribution in [2.24, 2.45) is 5.41 Å². The highest BCUT2D eigenvalue weighted by molar-refractivity contribution is 5.78. The first-order valence-electron chi connectivity index (χ1n) is 6.86. The fourth-order valence-corrected chi connectivity index (χ4v) is 3.47. The molecule has 3 aliphatic rings. The van der Waals surface area contributed by atoms with Crippen molar-refractivity contribution in [3.05, 3.63) is 0 Å². The summed E-state index contributed by atoms with van der Waals surface area (Å²) in [6, 6.07) is 0.703. The molecular formula is C13H22N2O3. The molecule has 0 spiro atoms. The average molecular weight is 254 g/mol. The Hall–Kier alpha value is -0.650. The van der Waals surface area contributed by atoms with E-state index in [0.29, 0.717) is 19.3 Å². The molecule has 102 valence electrons. The van der Waals surface area contributed by atoms with Gasteiger partial charge in [-0.1, -0.05) is 0 Å². The second-order valence-electron chi connectivity index (χ2n) is 5.83. The van der Waals surface area contributed by atoms with Crippen molar-refractivity contribution in [3.63, 3.8) is 0 Å². The van der Waals surface area contributed by atoms with Gasteiger partial charge in [-0.25, -0.2) is 0 Å². The standard InChI is InChI=1S/C13H22N2O3/c1-17-12(16)13(9-18-10-13)8-14-5-6-15-4-2-3-11(15)7-14/h11H,2-10H2,1H3. The Labute approximate surface area is 108 Å². The molecule has 1 atom stereocenters. The highest BCUT2D eigenvalue weighted by Crippen LogP contribution is 2.32. The molecule has 1 unspecified atom stereocenters. The molecule has 18 heavy (non-hydrogen) atoms. The second-order valence-corrected chi connectivity index (χ2v) is 5.83. The van der Waals surface area contributed by atoms with Crippen molar-refractivity contribution in [2.75, 3.05) is 53.0 Å². The lowest BCUT2D eigenvalue weighted by Gasteiger charge is -2.45. The van der Waals surface area contributed by atoms with Gasteiger partial charge in [-0.3, -0.25) is 14.6 Å². The van der Waals surface area contributed by atoms with E-state index < -0.39 is 5.41 Å². The number of esters is 1. The second kappa shape index (κ2) is 4.79. The lowest BCUT2D eigenvalue weighted by Crippen LogP contribution is -2.60. The first-order valence-corrected chi connectivity index (χ1v) is 6.86. The van der Waals surface area contributed by atoms with Gasteiger partial charge in [-0.05, 0) is 19.4 Å². The number of carbonyl (C=O) groups excluding carboxylic acids is 1. The number of piperazine rings is 1. The molecule has 3 fully saturated rings. The van der Waals surface area contributed by atoms with Gasteiger partial charge in [-0.15, -0.1) is 0 Å². The first kappa shape index (κ1) is 12.4. The summed E-state index contributed by atoms with van der Waals surface area (Å²) in [5.41, 5.74) is -0.393. The number of fused-ring (bicyclic) bond motifs is 1. The lowest BCUT2D eigenvalue weighted by atomic mass is 9.85. The summed E-state index contributed by atoms with van der Waals surface area (Å²) < 4.78 is 10.2. The van der Waals surface area contributed by atoms with Crippen LogP contribution in [0.2, 0.25) is 0 Å². The average Bonchev–Trinajstić information content (AvgIpc) is 2.80. The molecule has 0 aliphatic carbocycles. The van der Waals surface area contributed by atoms with Gasteiger partial charge in [0, 0.05) is 32.2 Å². The van der Waals surface area contributed by atoms with Crippen LogP contribution in [0.15, 0.2) is 0 Å². The third-order valence-electron chi connectivity index (χ3n) is 4.57. The number of methoxy groups -OCH3 is 1. The fraction of sp³-hybridized carbons (Fsp3) is 0.923. The van der Waals surface area contributed by atoms with Crippen LogP contribution >= 0.6 is 0 Å². The van der Waals surface area contributed by atoms with E-state index in [0.717, 1.165) is 26.2 Å². The summed E-state index contributed by atoms with van der Waals surface area (Å²) in [5.74, 6) is -0.109. The van der Waals surface area contributed by atoms with Gasteiger partial charge in [0.05, 0.1) is 20.3 Å². The van der Waals surface area contributed by atoms with E-state index in [-0.39, 0.29) is 5.97 Å². The molecule has 3 saturated heterocycles. The lowest BCUT2D eigenvalue weighted by molar-refractivity contribution is -0.187. The summed E-state index contributed by atoms with van der Waals surface area (Å²) in [7, 11) is 1.47. The molecule has 0 aromatic rings. The molecule has 3 aliphatic heterocycles. The van der Waals surface area contributed by atoms with E-state index in [1.165, 1.54) is 26.5 Å². The molecule has 0 aromatic heterocycles. The number of nitrogens with zero attached hydrogens (tertiary/aromatic N) is 2. The number of rotatable bonds is 3. The van der Waals surface area contributed by atoms with Crippen LogP contribution in [0.5, 0.6) is 0 Å². The molecular weight excluding hydrogens is 232 g/mol. The number of carbonyl (C=O) groups is 1. The summed E-state index contributed by atoms with van der Waals surface area (Å²) in [5, 5.41) is 0. The third kappa shape index (κ3) is 2.04.